The number of carbonyl (C=O) groups excluding carboxylic acids is 1. The number of benzene rings is 1. The SMILES string of the molecule is Cc1ccc(CCC(=O)N2CCOC(C)C2C)cc1. The Morgan fingerprint density at radius 2 is 2.00 bits per heavy atom. The number of aryl methyl sites for hydroxylation is 2. The van der Waals surface area contributed by atoms with Crippen molar-refractivity contribution in [1.29, 1.82) is 0 Å². The number of carbonyl (C=O) groups is 1. The zero-order chi connectivity index (χ0) is 13.8. The molecule has 1 aromatic carbocycles. The first kappa shape index (κ1) is 14.1. The van der Waals surface area contributed by atoms with Gasteiger partial charge in [-0.3, -0.25) is 4.79 Å². The molecule has 3 heteroatoms. The maximum absolute atomic E-state index is 12.3. The third-order valence-electron chi connectivity index (χ3n) is 3.95. The molecule has 1 aliphatic rings. The zero-order valence-electron chi connectivity index (χ0n) is 12.1. The fraction of sp³-hybridized carbons (Fsp3) is 0.562. The molecule has 1 fully saturated rings. The van der Waals surface area contributed by atoms with Gasteiger partial charge in [0, 0.05) is 13.0 Å². The van der Waals surface area contributed by atoms with Gasteiger partial charge in [0.2, 0.25) is 5.91 Å². The lowest BCUT2D eigenvalue weighted by Gasteiger charge is -2.38. The molecule has 19 heavy (non-hydrogen) atoms. The summed E-state index contributed by atoms with van der Waals surface area (Å²) in [6.07, 6.45) is 1.54. The maximum atomic E-state index is 12.3. The monoisotopic (exact) mass is 261 g/mol. The van der Waals surface area contributed by atoms with Crippen LogP contribution in [0.5, 0.6) is 0 Å². The molecule has 0 aromatic heterocycles. The van der Waals surface area contributed by atoms with Gasteiger partial charge in [0.05, 0.1) is 18.8 Å². The molecule has 0 radical (unpaired) electrons. The number of amides is 1. The average molecular weight is 261 g/mol. The molecule has 0 saturated carbocycles. The fourth-order valence-electron chi connectivity index (χ4n) is 2.43. The number of morpholine rings is 1. The molecule has 0 spiro atoms. The average Bonchev–Trinajstić information content (AvgIpc) is 2.41. The minimum atomic E-state index is 0.136. The van der Waals surface area contributed by atoms with Crippen LogP contribution in [-0.4, -0.2) is 36.1 Å². The summed E-state index contributed by atoms with van der Waals surface area (Å²) in [6.45, 7) is 7.55. The van der Waals surface area contributed by atoms with E-state index >= 15 is 0 Å². The predicted molar refractivity (Wildman–Crippen MR) is 76.1 cm³/mol. The topological polar surface area (TPSA) is 29.5 Å². The highest BCUT2D eigenvalue weighted by atomic mass is 16.5. The summed E-state index contributed by atoms with van der Waals surface area (Å²) in [7, 11) is 0. The highest BCUT2D eigenvalue weighted by molar-refractivity contribution is 5.77. The van der Waals surface area contributed by atoms with E-state index in [1.807, 2.05) is 11.8 Å². The maximum Gasteiger partial charge on any atom is 0.223 e. The Morgan fingerprint density at radius 1 is 1.32 bits per heavy atom. The van der Waals surface area contributed by atoms with E-state index in [-0.39, 0.29) is 18.1 Å². The molecule has 3 nitrogen and oxygen atoms in total. The first-order chi connectivity index (χ1) is 9.08. The van der Waals surface area contributed by atoms with Gasteiger partial charge in [-0.25, -0.2) is 0 Å². The minimum absolute atomic E-state index is 0.136. The second-order valence-corrected chi connectivity index (χ2v) is 5.39. The number of ether oxygens (including phenoxy) is 1. The van der Waals surface area contributed by atoms with Crippen molar-refractivity contribution in [3.8, 4) is 0 Å². The van der Waals surface area contributed by atoms with E-state index in [4.69, 9.17) is 4.74 Å². The van der Waals surface area contributed by atoms with Crippen molar-refractivity contribution in [3.63, 3.8) is 0 Å². The third-order valence-corrected chi connectivity index (χ3v) is 3.95. The largest absolute Gasteiger partial charge is 0.375 e. The van der Waals surface area contributed by atoms with Gasteiger partial charge in [0.25, 0.3) is 0 Å². The Morgan fingerprint density at radius 3 is 2.68 bits per heavy atom. The molecular weight excluding hydrogens is 238 g/mol. The lowest BCUT2D eigenvalue weighted by molar-refractivity contribution is -0.143. The standard InChI is InChI=1S/C16H23NO2/c1-12-4-6-15(7-5-12)8-9-16(18)17-10-11-19-14(3)13(17)2/h4-7,13-14H,8-11H2,1-3H3. The summed E-state index contributed by atoms with van der Waals surface area (Å²) in [5, 5.41) is 0. The van der Waals surface area contributed by atoms with Crippen LogP contribution >= 0.6 is 0 Å². The molecule has 1 saturated heterocycles. The second kappa shape index (κ2) is 6.20. The summed E-state index contributed by atoms with van der Waals surface area (Å²) in [4.78, 5) is 14.2. The molecule has 0 N–H and O–H groups in total. The van der Waals surface area contributed by atoms with Crippen molar-refractivity contribution < 1.29 is 9.53 Å². The molecule has 1 amide bonds. The van der Waals surface area contributed by atoms with E-state index in [0.717, 1.165) is 13.0 Å². The minimum Gasteiger partial charge on any atom is -0.375 e. The van der Waals surface area contributed by atoms with Crippen LogP contribution in [-0.2, 0) is 16.0 Å². The van der Waals surface area contributed by atoms with Gasteiger partial charge in [-0.05, 0) is 32.8 Å². The molecule has 2 atom stereocenters. The molecule has 0 aliphatic carbocycles. The number of hydrogen-bond donors (Lipinski definition) is 0. The van der Waals surface area contributed by atoms with E-state index < -0.39 is 0 Å². The third kappa shape index (κ3) is 3.57. The Bertz CT molecular complexity index is 427. The molecule has 2 rings (SSSR count). The molecule has 1 heterocycles. The number of nitrogens with zero attached hydrogens (tertiary/aromatic N) is 1. The van der Waals surface area contributed by atoms with Gasteiger partial charge in [0.1, 0.15) is 0 Å². The van der Waals surface area contributed by atoms with Gasteiger partial charge in [0.15, 0.2) is 0 Å². The highest BCUT2D eigenvalue weighted by Crippen LogP contribution is 2.15. The van der Waals surface area contributed by atoms with Crippen LogP contribution in [0.15, 0.2) is 24.3 Å². The van der Waals surface area contributed by atoms with Crippen molar-refractivity contribution in [2.45, 2.75) is 45.8 Å². The van der Waals surface area contributed by atoms with Crippen LogP contribution in [0.1, 0.15) is 31.4 Å². The van der Waals surface area contributed by atoms with Crippen molar-refractivity contribution in [2.24, 2.45) is 0 Å². The summed E-state index contributed by atoms with van der Waals surface area (Å²) in [5.74, 6) is 0.239. The van der Waals surface area contributed by atoms with Gasteiger partial charge in [-0.15, -0.1) is 0 Å². The van der Waals surface area contributed by atoms with Gasteiger partial charge in [-0.2, -0.15) is 0 Å². The van der Waals surface area contributed by atoms with Crippen molar-refractivity contribution >= 4 is 5.91 Å². The summed E-state index contributed by atoms with van der Waals surface area (Å²) >= 11 is 0. The van der Waals surface area contributed by atoms with E-state index in [0.29, 0.717) is 13.0 Å². The van der Waals surface area contributed by atoms with E-state index in [1.54, 1.807) is 0 Å². The predicted octanol–water partition coefficient (Wildman–Crippen LogP) is 2.56. The first-order valence-corrected chi connectivity index (χ1v) is 7.04. The van der Waals surface area contributed by atoms with Gasteiger partial charge >= 0.3 is 0 Å². The van der Waals surface area contributed by atoms with E-state index in [2.05, 4.69) is 38.1 Å². The first-order valence-electron chi connectivity index (χ1n) is 7.04. The van der Waals surface area contributed by atoms with Crippen LogP contribution in [0.3, 0.4) is 0 Å². The van der Waals surface area contributed by atoms with E-state index in [9.17, 15) is 4.79 Å². The summed E-state index contributed by atoms with van der Waals surface area (Å²) in [6, 6.07) is 8.58. The molecule has 104 valence electrons. The van der Waals surface area contributed by atoms with Crippen LogP contribution in [0, 0.1) is 6.92 Å². The normalized spacial score (nSPS) is 23.4. The lowest BCUT2D eigenvalue weighted by Crippen LogP contribution is -2.51. The Balaban J connectivity index is 1.88. The quantitative estimate of drug-likeness (QED) is 0.837. The fourth-order valence-corrected chi connectivity index (χ4v) is 2.43. The highest BCUT2D eigenvalue weighted by Gasteiger charge is 2.28. The molecule has 1 aliphatic heterocycles. The van der Waals surface area contributed by atoms with Gasteiger partial charge in [-0.1, -0.05) is 29.8 Å². The molecule has 2 unspecified atom stereocenters. The summed E-state index contributed by atoms with van der Waals surface area (Å²) in [5.41, 5.74) is 2.48. The smallest absolute Gasteiger partial charge is 0.223 e. The van der Waals surface area contributed by atoms with Gasteiger partial charge < -0.3 is 9.64 Å². The van der Waals surface area contributed by atoms with Crippen LogP contribution in [0.4, 0.5) is 0 Å². The van der Waals surface area contributed by atoms with Crippen molar-refractivity contribution in [2.75, 3.05) is 13.2 Å². The molecule has 0 bridgehead atoms. The Kier molecular flexibility index (Phi) is 4.59. The Hall–Kier alpha value is -1.35. The van der Waals surface area contributed by atoms with Crippen molar-refractivity contribution in [1.82, 2.24) is 4.90 Å². The van der Waals surface area contributed by atoms with Crippen LogP contribution < -0.4 is 0 Å². The Labute approximate surface area is 115 Å². The summed E-state index contributed by atoms with van der Waals surface area (Å²) < 4.78 is 5.55. The molecular formula is C16H23NO2. The number of rotatable bonds is 3. The van der Waals surface area contributed by atoms with Crippen LogP contribution in [0.2, 0.25) is 0 Å². The van der Waals surface area contributed by atoms with Crippen LogP contribution in [0.25, 0.3) is 0 Å². The van der Waals surface area contributed by atoms with Crippen molar-refractivity contribution in [3.05, 3.63) is 35.4 Å². The zero-order valence-corrected chi connectivity index (χ0v) is 12.1. The van der Waals surface area contributed by atoms with E-state index in [1.165, 1.54) is 11.1 Å². The number of hydrogen-bond acceptors (Lipinski definition) is 2. The second-order valence-electron chi connectivity index (χ2n) is 5.39. The molecule has 1 aromatic rings. The lowest BCUT2D eigenvalue weighted by atomic mass is 10.1.